The predicted octanol–water partition coefficient (Wildman–Crippen LogP) is 1.34. The van der Waals surface area contributed by atoms with Gasteiger partial charge < -0.3 is 14.6 Å². The lowest BCUT2D eigenvalue weighted by molar-refractivity contribution is 0.0560. The molecule has 3 rings (SSSR count). The number of hydrogen-bond donors (Lipinski definition) is 1. The lowest BCUT2D eigenvalue weighted by Crippen LogP contribution is -2.45. The van der Waals surface area contributed by atoms with E-state index in [9.17, 15) is 9.90 Å². The largest absolute Gasteiger partial charge is 0.387 e. The second-order valence-electron chi connectivity index (χ2n) is 6.87. The molecule has 134 valence electrons. The summed E-state index contributed by atoms with van der Waals surface area (Å²) in [7, 11) is 1.82. The number of aliphatic hydroxyl groups is 1. The maximum Gasteiger partial charge on any atom is 0.293 e. The molecule has 1 saturated heterocycles. The van der Waals surface area contributed by atoms with E-state index in [0.717, 1.165) is 13.1 Å². The molecule has 1 aliphatic rings. The molecular weight excluding hydrogens is 316 g/mol. The first-order valence-electron chi connectivity index (χ1n) is 8.76. The first-order chi connectivity index (χ1) is 12.0. The zero-order valence-electron chi connectivity index (χ0n) is 14.9. The molecule has 0 aliphatic carbocycles. The first-order valence-corrected chi connectivity index (χ1v) is 8.76. The van der Waals surface area contributed by atoms with Crippen LogP contribution in [0.5, 0.6) is 0 Å². The molecule has 1 N–H and O–H groups in total. The van der Waals surface area contributed by atoms with E-state index in [1.165, 1.54) is 5.56 Å². The number of anilines is 1. The second kappa shape index (κ2) is 7.37. The van der Waals surface area contributed by atoms with Crippen molar-refractivity contribution in [1.82, 2.24) is 14.5 Å². The van der Waals surface area contributed by atoms with Crippen LogP contribution in [0.1, 0.15) is 18.9 Å². The zero-order chi connectivity index (χ0) is 17.9. The summed E-state index contributed by atoms with van der Waals surface area (Å²) in [5.41, 5.74) is 0.302. The summed E-state index contributed by atoms with van der Waals surface area (Å²) in [4.78, 5) is 20.6. The minimum Gasteiger partial charge on any atom is -0.387 e. The smallest absolute Gasteiger partial charge is 0.293 e. The Bertz CT molecular complexity index is 762. The normalized spacial score (nSPS) is 20.8. The van der Waals surface area contributed by atoms with Crippen molar-refractivity contribution in [3.8, 4) is 0 Å². The Labute approximate surface area is 148 Å². The maximum atomic E-state index is 12.4. The van der Waals surface area contributed by atoms with E-state index in [1.807, 2.05) is 32.2 Å². The Balaban J connectivity index is 1.65. The van der Waals surface area contributed by atoms with Crippen molar-refractivity contribution in [2.75, 3.05) is 31.6 Å². The van der Waals surface area contributed by atoms with Gasteiger partial charge in [0.25, 0.3) is 5.56 Å². The minimum atomic E-state index is -0.829. The maximum absolute atomic E-state index is 12.4. The van der Waals surface area contributed by atoms with E-state index in [0.29, 0.717) is 31.9 Å². The Hall–Kier alpha value is -2.18. The molecule has 2 aromatic rings. The predicted molar refractivity (Wildman–Crippen MR) is 98.7 cm³/mol. The van der Waals surface area contributed by atoms with E-state index in [-0.39, 0.29) is 5.56 Å². The lowest BCUT2D eigenvalue weighted by Gasteiger charge is -2.29. The van der Waals surface area contributed by atoms with Crippen LogP contribution >= 0.6 is 0 Å². The van der Waals surface area contributed by atoms with E-state index in [1.54, 1.807) is 21.9 Å². The molecule has 1 aliphatic heterocycles. The Morgan fingerprint density at radius 3 is 2.80 bits per heavy atom. The Morgan fingerprint density at radius 2 is 2.08 bits per heavy atom. The van der Waals surface area contributed by atoms with Crippen molar-refractivity contribution in [2.45, 2.75) is 32.0 Å². The average molecular weight is 342 g/mol. The number of hydrogen-bond acceptors (Lipinski definition) is 5. The lowest BCUT2D eigenvalue weighted by atomic mass is 10.0. The van der Waals surface area contributed by atoms with Crippen LogP contribution in [0.15, 0.2) is 47.5 Å². The molecule has 1 unspecified atom stereocenters. The number of nitrogens with zero attached hydrogens (tertiary/aromatic N) is 4. The number of aryl methyl sites for hydroxylation is 1. The van der Waals surface area contributed by atoms with Gasteiger partial charge in [0.15, 0.2) is 5.82 Å². The molecule has 1 aromatic carbocycles. The third-order valence-corrected chi connectivity index (χ3v) is 4.79. The van der Waals surface area contributed by atoms with Crippen LogP contribution in [0.3, 0.4) is 0 Å². The van der Waals surface area contributed by atoms with Crippen molar-refractivity contribution in [1.29, 1.82) is 0 Å². The topological polar surface area (TPSA) is 61.6 Å². The van der Waals surface area contributed by atoms with Gasteiger partial charge in [0.05, 0.1) is 5.60 Å². The van der Waals surface area contributed by atoms with E-state index < -0.39 is 5.60 Å². The van der Waals surface area contributed by atoms with Gasteiger partial charge in [0.2, 0.25) is 0 Å². The molecule has 25 heavy (non-hydrogen) atoms. The van der Waals surface area contributed by atoms with E-state index >= 15 is 0 Å². The van der Waals surface area contributed by atoms with Gasteiger partial charge in [0.1, 0.15) is 0 Å². The van der Waals surface area contributed by atoms with Crippen LogP contribution in [0, 0.1) is 0 Å². The number of rotatable bonds is 6. The standard InChI is InChI=1S/C19H26N4O2/c1-3-23-12-10-20-17(18(23)24)21(2)14-19(25)9-11-22(15-19)13-16-7-5-4-6-8-16/h4-8,10,12,25H,3,9,11,13-15H2,1-2H3. The molecule has 0 spiro atoms. The van der Waals surface area contributed by atoms with Crippen LogP contribution in [0.2, 0.25) is 0 Å². The van der Waals surface area contributed by atoms with Gasteiger partial charge in [-0.05, 0) is 18.9 Å². The van der Waals surface area contributed by atoms with E-state index in [4.69, 9.17) is 0 Å². The highest BCUT2D eigenvalue weighted by Gasteiger charge is 2.37. The number of likely N-dealkylation sites (N-methyl/N-ethyl adjacent to an activating group) is 1. The Morgan fingerprint density at radius 1 is 1.32 bits per heavy atom. The number of aromatic nitrogens is 2. The molecule has 1 aromatic heterocycles. The molecule has 1 atom stereocenters. The fourth-order valence-electron chi connectivity index (χ4n) is 3.51. The molecule has 0 amide bonds. The van der Waals surface area contributed by atoms with Crippen LogP contribution in [-0.2, 0) is 13.1 Å². The summed E-state index contributed by atoms with van der Waals surface area (Å²) < 4.78 is 1.62. The van der Waals surface area contributed by atoms with Crippen molar-refractivity contribution in [2.24, 2.45) is 0 Å². The van der Waals surface area contributed by atoms with Gasteiger partial charge in [0, 0.05) is 52.2 Å². The molecule has 0 radical (unpaired) electrons. The fourth-order valence-corrected chi connectivity index (χ4v) is 3.51. The average Bonchev–Trinajstić information content (AvgIpc) is 2.96. The highest BCUT2D eigenvalue weighted by Crippen LogP contribution is 2.24. The van der Waals surface area contributed by atoms with Gasteiger partial charge in [-0.15, -0.1) is 0 Å². The molecular formula is C19H26N4O2. The van der Waals surface area contributed by atoms with Gasteiger partial charge in [-0.2, -0.15) is 0 Å². The van der Waals surface area contributed by atoms with E-state index in [2.05, 4.69) is 22.0 Å². The summed E-state index contributed by atoms with van der Waals surface area (Å²) in [5.74, 6) is 0.388. The molecule has 1 fully saturated rings. The number of likely N-dealkylation sites (tertiary alicyclic amines) is 1. The third-order valence-electron chi connectivity index (χ3n) is 4.79. The minimum absolute atomic E-state index is 0.116. The summed E-state index contributed by atoms with van der Waals surface area (Å²) >= 11 is 0. The molecule has 6 nitrogen and oxygen atoms in total. The van der Waals surface area contributed by atoms with Crippen molar-refractivity contribution < 1.29 is 5.11 Å². The second-order valence-corrected chi connectivity index (χ2v) is 6.87. The molecule has 0 bridgehead atoms. The highest BCUT2D eigenvalue weighted by molar-refractivity contribution is 5.35. The van der Waals surface area contributed by atoms with Gasteiger partial charge in [-0.25, -0.2) is 4.98 Å². The summed E-state index contributed by atoms with van der Waals surface area (Å²) in [6.45, 7) is 5.21. The van der Waals surface area contributed by atoms with Gasteiger partial charge in [-0.1, -0.05) is 30.3 Å². The fraction of sp³-hybridized carbons (Fsp3) is 0.474. The van der Waals surface area contributed by atoms with Gasteiger partial charge in [-0.3, -0.25) is 9.69 Å². The van der Waals surface area contributed by atoms with Crippen molar-refractivity contribution in [3.05, 3.63) is 58.6 Å². The van der Waals surface area contributed by atoms with Crippen molar-refractivity contribution in [3.63, 3.8) is 0 Å². The summed E-state index contributed by atoms with van der Waals surface area (Å²) in [6, 6.07) is 10.3. The van der Waals surface area contributed by atoms with Crippen LogP contribution in [0.25, 0.3) is 0 Å². The van der Waals surface area contributed by atoms with Gasteiger partial charge >= 0.3 is 0 Å². The summed E-state index contributed by atoms with van der Waals surface area (Å²) in [5, 5.41) is 11.0. The number of benzene rings is 1. The monoisotopic (exact) mass is 342 g/mol. The number of β-amino-alcohol motifs (C(OH)–C–C–N with tert-alkyl or cyclic N) is 1. The third kappa shape index (κ3) is 4.08. The zero-order valence-corrected chi connectivity index (χ0v) is 14.9. The first kappa shape index (κ1) is 17.6. The van der Waals surface area contributed by atoms with Crippen molar-refractivity contribution >= 4 is 5.82 Å². The molecule has 6 heteroatoms. The summed E-state index contributed by atoms with van der Waals surface area (Å²) in [6.07, 6.45) is 4.02. The quantitative estimate of drug-likeness (QED) is 0.858. The molecule has 0 saturated carbocycles. The van der Waals surface area contributed by atoms with Crippen LogP contribution in [0.4, 0.5) is 5.82 Å². The highest BCUT2D eigenvalue weighted by atomic mass is 16.3. The van der Waals surface area contributed by atoms with Crippen LogP contribution < -0.4 is 10.5 Å². The SMILES string of the molecule is CCn1ccnc(N(C)CC2(O)CCN(Cc3ccccc3)C2)c1=O. The van der Waals surface area contributed by atoms with Crippen LogP contribution in [-0.4, -0.2) is 51.8 Å². The Kier molecular flexibility index (Phi) is 5.20. The molecule has 2 heterocycles.